The molecule has 4 nitrogen and oxygen atoms in total. The van der Waals surface area contributed by atoms with Crippen molar-refractivity contribution in [3.05, 3.63) is 200 Å². The van der Waals surface area contributed by atoms with Gasteiger partial charge in [0.1, 0.15) is 0 Å². The van der Waals surface area contributed by atoms with Crippen LogP contribution < -0.4 is 0 Å². The lowest BCUT2D eigenvalue weighted by Crippen LogP contribution is -2.01. The lowest BCUT2D eigenvalue weighted by Gasteiger charge is -2.16. The molecule has 4 heteroatoms. The van der Waals surface area contributed by atoms with Crippen LogP contribution in [-0.2, 0) is 0 Å². The lowest BCUT2D eigenvalue weighted by molar-refractivity contribution is 1.03. The standard InChI is InChI=1S/C54H36N4/c1-3-16-36(17-4-1)47-33-48(56-54(55-47)37-18-5-2-6-19-37)40-29-39-21-9-10-22-42(39)51(31-40)58-50-26-14-12-24-44(50)46-32-45-43-23-11-13-25-49(43)57(52(45)34-53(46)58)41-28-27-35-15-7-8-20-38(35)30-41/h1-3,5-16,18-34H,4,17H2. The van der Waals surface area contributed by atoms with Crippen LogP contribution in [0.25, 0.3) is 105 Å². The van der Waals surface area contributed by atoms with Crippen LogP contribution in [-0.4, -0.2) is 19.1 Å². The van der Waals surface area contributed by atoms with Crippen LogP contribution in [0.3, 0.4) is 0 Å². The Kier molecular flexibility index (Phi) is 7.32. The highest BCUT2D eigenvalue weighted by Gasteiger charge is 2.21. The Morgan fingerprint density at radius 3 is 1.84 bits per heavy atom. The van der Waals surface area contributed by atoms with Crippen molar-refractivity contribution in [1.82, 2.24) is 19.1 Å². The highest BCUT2D eigenvalue weighted by Crippen LogP contribution is 2.42. The van der Waals surface area contributed by atoms with E-state index in [1.165, 1.54) is 59.8 Å². The fraction of sp³-hybridized carbons (Fsp3) is 0.0370. The zero-order chi connectivity index (χ0) is 38.2. The summed E-state index contributed by atoms with van der Waals surface area (Å²) in [5.41, 5.74) is 12.1. The van der Waals surface area contributed by atoms with E-state index in [0.29, 0.717) is 0 Å². The van der Waals surface area contributed by atoms with Gasteiger partial charge in [0.15, 0.2) is 5.82 Å². The minimum atomic E-state index is 0.735. The molecule has 0 fully saturated rings. The highest BCUT2D eigenvalue weighted by atomic mass is 15.0. The van der Waals surface area contributed by atoms with Crippen molar-refractivity contribution in [3.8, 4) is 34.0 Å². The number of allylic oxidation sites excluding steroid dienone is 4. The third-order valence-electron chi connectivity index (χ3n) is 11.9. The average Bonchev–Trinajstić information content (AvgIpc) is 3.80. The summed E-state index contributed by atoms with van der Waals surface area (Å²) in [6.07, 6.45) is 8.53. The van der Waals surface area contributed by atoms with Gasteiger partial charge in [0.2, 0.25) is 0 Å². The van der Waals surface area contributed by atoms with E-state index in [4.69, 9.17) is 9.97 Å². The van der Waals surface area contributed by atoms with Crippen LogP contribution in [0.15, 0.2) is 194 Å². The summed E-state index contributed by atoms with van der Waals surface area (Å²) in [5, 5.41) is 9.75. The van der Waals surface area contributed by atoms with Crippen molar-refractivity contribution >= 4 is 70.7 Å². The van der Waals surface area contributed by atoms with E-state index in [1.807, 2.05) is 6.07 Å². The summed E-state index contributed by atoms with van der Waals surface area (Å²) in [4.78, 5) is 10.4. The molecular formula is C54H36N4. The maximum absolute atomic E-state index is 5.29. The quantitative estimate of drug-likeness (QED) is 0.176. The van der Waals surface area contributed by atoms with Crippen LogP contribution in [0.5, 0.6) is 0 Å². The number of rotatable bonds is 5. The molecule has 0 N–H and O–H groups in total. The van der Waals surface area contributed by atoms with Gasteiger partial charge in [-0.1, -0.05) is 140 Å². The Labute approximate surface area is 335 Å². The second kappa shape index (κ2) is 13.0. The van der Waals surface area contributed by atoms with Gasteiger partial charge in [0, 0.05) is 43.7 Å². The number of hydrogen-bond donors (Lipinski definition) is 0. The second-order valence-electron chi connectivity index (χ2n) is 15.3. The minimum Gasteiger partial charge on any atom is -0.309 e. The van der Waals surface area contributed by atoms with E-state index < -0.39 is 0 Å². The summed E-state index contributed by atoms with van der Waals surface area (Å²) >= 11 is 0. The maximum atomic E-state index is 5.29. The fourth-order valence-corrected chi connectivity index (χ4v) is 9.20. The molecule has 272 valence electrons. The third-order valence-corrected chi connectivity index (χ3v) is 11.9. The molecular weight excluding hydrogens is 705 g/mol. The predicted octanol–water partition coefficient (Wildman–Crippen LogP) is 14.0. The Morgan fingerprint density at radius 1 is 0.414 bits per heavy atom. The Balaban J connectivity index is 1.15. The number of nitrogens with zero attached hydrogens (tertiary/aromatic N) is 4. The van der Waals surface area contributed by atoms with Crippen molar-refractivity contribution in [2.24, 2.45) is 0 Å². The molecule has 11 aromatic rings. The van der Waals surface area contributed by atoms with E-state index in [2.05, 4.69) is 197 Å². The van der Waals surface area contributed by atoms with Crippen molar-refractivity contribution in [1.29, 1.82) is 0 Å². The number of hydrogen-bond acceptors (Lipinski definition) is 2. The topological polar surface area (TPSA) is 35.6 Å². The van der Waals surface area contributed by atoms with E-state index in [-0.39, 0.29) is 0 Å². The molecule has 0 bridgehead atoms. The van der Waals surface area contributed by atoms with Crippen LogP contribution in [0.4, 0.5) is 0 Å². The molecule has 1 aliphatic carbocycles. The summed E-state index contributed by atoms with van der Waals surface area (Å²) in [6, 6.07) is 63.8. The highest BCUT2D eigenvalue weighted by molar-refractivity contribution is 6.20. The number of fused-ring (bicyclic) bond motifs is 8. The smallest absolute Gasteiger partial charge is 0.160 e. The van der Waals surface area contributed by atoms with Gasteiger partial charge in [-0.25, -0.2) is 9.97 Å². The van der Waals surface area contributed by atoms with Crippen molar-refractivity contribution in [3.63, 3.8) is 0 Å². The molecule has 0 unspecified atom stereocenters. The van der Waals surface area contributed by atoms with Gasteiger partial charge in [0.25, 0.3) is 0 Å². The molecule has 12 rings (SSSR count). The lowest BCUT2D eigenvalue weighted by atomic mass is 9.98. The van der Waals surface area contributed by atoms with Gasteiger partial charge in [-0.2, -0.15) is 0 Å². The minimum absolute atomic E-state index is 0.735. The van der Waals surface area contributed by atoms with Crippen LogP contribution in [0.1, 0.15) is 18.5 Å². The molecule has 0 saturated heterocycles. The fourth-order valence-electron chi connectivity index (χ4n) is 9.20. The van der Waals surface area contributed by atoms with Crippen molar-refractivity contribution in [2.45, 2.75) is 12.8 Å². The maximum Gasteiger partial charge on any atom is 0.160 e. The molecule has 3 heterocycles. The predicted molar refractivity (Wildman–Crippen MR) is 243 cm³/mol. The van der Waals surface area contributed by atoms with Crippen molar-refractivity contribution in [2.75, 3.05) is 0 Å². The van der Waals surface area contributed by atoms with Gasteiger partial charge < -0.3 is 9.13 Å². The largest absolute Gasteiger partial charge is 0.309 e. The first-order chi connectivity index (χ1) is 28.7. The second-order valence-corrected chi connectivity index (χ2v) is 15.3. The summed E-state index contributed by atoms with van der Waals surface area (Å²) in [7, 11) is 0. The van der Waals surface area contributed by atoms with Crippen LogP contribution in [0.2, 0.25) is 0 Å². The normalized spacial score (nSPS) is 13.1. The first-order valence-electron chi connectivity index (χ1n) is 20.0. The first kappa shape index (κ1) is 32.7. The van der Waals surface area contributed by atoms with Gasteiger partial charge in [-0.15, -0.1) is 0 Å². The number of benzene rings is 8. The number of para-hydroxylation sites is 2. The van der Waals surface area contributed by atoms with Gasteiger partial charge >= 0.3 is 0 Å². The summed E-state index contributed by atoms with van der Waals surface area (Å²) in [6.45, 7) is 0. The van der Waals surface area contributed by atoms with E-state index in [9.17, 15) is 0 Å². The van der Waals surface area contributed by atoms with Crippen LogP contribution >= 0.6 is 0 Å². The van der Waals surface area contributed by atoms with E-state index in [0.717, 1.165) is 63.5 Å². The molecule has 8 aromatic carbocycles. The first-order valence-corrected chi connectivity index (χ1v) is 20.0. The summed E-state index contributed by atoms with van der Waals surface area (Å²) < 4.78 is 4.92. The summed E-state index contributed by atoms with van der Waals surface area (Å²) in [5.74, 6) is 0.735. The van der Waals surface area contributed by atoms with Crippen LogP contribution in [0, 0.1) is 0 Å². The van der Waals surface area contributed by atoms with E-state index >= 15 is 0 Å². The SMILES string of the molecule is C1=CCCC(c2cc(-c3cc(-n4c5ccccc5c5cc6c7ccccc7n(-c7ccc8ccccc8c7)c6cc54)c4ccccc4c3)nc(-c3ccccc3)n2)=C1. The van der Waals surface area contributed by atoms with Gasteiger partial charge in [-0.3, -0.25) is 0 Å². The molecule has 0 radical (unpaired) electrons. The Bertz CT molecular complexity index is 3510. The van der Waals surface area contributed by atoms with E-state index in [1.54, 1.807) is 0 Å². The molecule has 0 saturated carbocycles. The molecule has 0 aliphatic heterocycles. The molecule has 0 spiro atoms. The zero-order valence-electron chi connectivity index (χ0n) is 31.7. The Morgan fingerprint density at radius 2 is 1.07 bits per heavy atom. The molecule has 0 atom stereocenters. The van der Waals surface area contributed by atoms with Gasteiger partial charge in [-0.05, 0) is 89.2 Å². The molecule has 1 aliphatic rings. The molecule has 58 heavy (non-hydrogen) atoms. The Hall–Kier alpha value is -7.56. The third kappa shape index (κ3) is 5.15. The molecule has 3 aromatic heterocycles. The zero-order valence-corrected chi connectivity index (χ0v) is 31.7. The monoisotopic (exact) mass is 740 g/mol. The number of aromatic nitrogens is 4. The molecule has 0 amide bonds. The van der Waals surface area contributed by atoms with Gasteiger partial charge in [0.05, 0.1) is 39.1 Å². The average molecular weight is 741 g/mol. The van der Waals surface area contributed by atoms with Crippen molar-refractivity contribution < 1.29 is 0 Å².